The molecule has 3 aromatic rings. The average Bonchev–Trinajstić information content (AvgIpc) is 2.46. The minimum absolute atomic E-state index is 0.311. The summed E-state index contributed by atoms with van der Waals surface area (Å²) in [5, 5.41) is 0.717. The highest BCUT2D eigenvalue weighted by atomic mass is 32.2. The van der Waals surface area contributed by atoms with Crippen LogP contribution in [0.3, 0.4) is 0 Å². The molecule has 0 bridgehead atoms. The van der Waals surface area contributed by atoms with E-state index in [4.69, 9.17) is 0 Å². The van der Waals surface area contributed by atoms with Crippen LogP contribution in [0.1, 0.15) is 0 Å². The van der Waals surface area contributed by atoms with E-state index in [1.54, 1.807) is 18.2 Å². The van der Waals surface area contributed by atoms with Gasteiger partial charge in [0.05, 0.1) is 15.7 Å². The van der Waals surface area contributed by atoms with Gasteiger partial charge in [-0.05, 0) is 30.3 Å². The maximum absolute atomic E-state index is 12.9. The summed E-state index contributed by atoms with van der Waals surface area (Å²) >= 11 is 0. The lowest BCUT2D eigenvalue weighted by molar-refractivity contribution is 0.626. The summed E-state index contributed by atoms with van der Waals surface area (Å²) < 4.78 is 25.5. The van der Waals surface area contributed by atoms with Crippen molar-refractivity contribution in [3.8, 4) is 0 Å². The average molecular weight is 287 g/mol. The van der Waals surface area contributed by atoms with Gasteiger partial charge in [0.15, 0.2) is 0 Å². The van der Waals surface area contributed by atoms with Gasteiger partial charge in [-0.1, -0.05) is 18.2 Å². The first-order chi connectivity index (χ1) is 9.65. The number of fused-ring (bicyclic) bond motifs is 1. The predicted molar refractivity (Wildman–Crippen MR) is 75.6 cm³/mol. The highest BCUT2D eigenvalue weighted by molar-refractivity contribution is 7.85. The van der Waals surface area contributed by atoms with Crippen LogP contribution in [-0.4, -0.2) is 9.19 Å². The van der Waals surface area contributed by atoms with Crippen LogP contribution in [0.5, 0.6) is 0 Å². The fourth-order valence-electron chi connectivity index (χ4n) is 2.01. The molecule has 3 rings (SSSR count). The van der Waals surface area contributed by atoms with Gasteiger partial charge in [0.25, 0.3) is 0 Å². The van der Waals surface area contributed by atoms with Crippen LogP contribution in [0.4, 0.5) is 4.39 Å². The summed E-state index contributed by atoms with van der Waals surface area (Å²) in [4.78, 5) is 15.2. The van der Waals surface area contributed by atoms with Crippen molar-refractivity contribution in [2.45, 2.75) is 9.79 Å². The predicted octanol–water partition coefficient (Wildman–Crippen LogP) is 2.83. The third-order valence-electron chi connectivity index (χ3n) is 2.94. The van der Waals surface area contributed by atoms with Gasteiger partial charge in [0.1, 0.15) is 5.82 Å². The zero-order valence-electron chi connectivity index (χ0n) is 10.3. The van der Waals surface area contributed by atoms with Gasteiger partial charge < -0.3 is 4.98 Å². The van der Waals surface area contributed by atoms with E-state index < -0.39 is 10.8 Å². The summed E-state index contributed by atoms with van der Waals surface area (Å²) in [5.74, 6) is -0.387. The van der Waals surface area contributed by atoms with Gasteiger partial charge in [0, 0.05) is 21.9 Å². The maximum Gasteiger partial charge on any atom is 0.249 e. The van der Waals surface area contributed by atoms with E-state index in [0.29, 0.717) is 15.3 Å². The Labute approximate surface area is 116 Å². The number of nitrogens with one attached hydrogen (secondary N) is 1. The van der Waals surface area contributed by atoms with Crippen LogP contribution in [-0.2, 0) is 10.8 Å². The van der Waals surface area contributed by atoms with Crippen molar-refractivity contribution in [3.05, 3.63) is 70.8 Å². The fraction of sp³-hybridized carbons (Fsp3) is 0. The van der Waals surface area contributed by atoms with Crippen LogP contribution >= 0.6 is 0 Å². The lowest BCUT2D eigenvalue weighted by Crippen LogP contribution is -2.07. The molecule has 0 saturated carbocycles. The Kier molecular flexibility index (Phi) is 3.20. The zero-order valence-corrected chi connectivity index (χ0v) is 11.1. The summed E-state index contributed by atoms with van der Waals surface area (Å²) in [5.41, 5.74) is 0.319. The van der Waals surface area contributed by atoms with Gasteiger partial charge in [-0.2, -0.15) is 0 Å². The van der Waals surface area contributed by atoms with Gasteiger partial charge >= 0.3 is 0 Å². The van der Waals surface area contributed by atoms with E-state index in [0.717, 1.165) is 5.39 Å². The molecule has 1 unspecified atom stereocenters. The van der Waals surface area contributed by atoms with Gasteiger partial charge in [0.2, 0.25) is 5.56 Å². The number of pyridine rings is 1. The van der Waals surface area contributed by atoms with Crippen molar-refractivity contribution < 1.29 is 8.60 Å². The third kappa shape index (κ3) is 2.28. The second kappa shape index (κ2) is 5.02. The Morgan fingerprint density at radius 3 is 2.45 bits per heavy atom. The Bertz CT molecular complexity index is 856. The highest BCUT2D eigenvalue weighted by Gasteiger charge is 2.12. The van der Waals surface area contributed by atoms with Crippen LogP contribution < -0.4 is 5.56 Å². The van der Waals surface area contributed by atoms with E-state index in [9.17, 15) is 13.4 Å². The summed E-state index contributed by atoms with van der Waals surface area (Å²) in [6.07, 6.45) is 0. The molecule has 0 aliphatic carbocycles. The second-order valence-corrected chi connectivity index (χ2v) is 5.71. The molecule has 0 aliphatic rings. The number of para-hydroxylation sites is 1. The van der Waals surface area contributed by atoms with Crippen molar-refractivity contribution >= 4 is 21.7 Å². The molecule has 1 aromatic heterocycles. The van der Waals surface area contributed by atoms with Gasteiger partial charge in [-0.15, -0.1) is 0 Å². The molecule has 0 saturated heterocycles. The smallest absolute Gasteiger partial charge is 0.249 e. The first-order valence-corrected chi connectivity index (χ1v) is 7.09. The number of H-pyrrole nitrogens is 1. The summed E-state index contributed by atoms with van der Waals surface area (Å²) in [7, 11) is -1.53. The first-order valence-electron chi connectivity index (χ1n) is 5.94. The third-order valence-corrected chi connectivity index (χ3v) is 4.38. The number of aromatic nitrogens is 1. The number of benzene rings is 2. The van der Waals surface area contributed by atoms with Crippen molar-refractivity contribution in [2.24, 2.45) is 0 Å². The van der Waals surface area contributed by atoms with Gasteiger partial charge in [-0.25, -0.2) is 8.60 Å². The Hall–Kier alpha value is -2.27. The molecule has 1 atom stereocenters. The van der Waals surface area contributed by atoms with Crippen LogP contribution in [0.2, 0.25) is 0 Å². The van der Waals surface area contributed by atoms with E-state index >= 15 is 0 Å². The van der Waals surface area contributed by atoms with Crippen LogP contribution in [0.25, 0.3) is 10.9 Å². The lowest BCUT2D eigenvalue weighted by atomic mass is 10.2. The largest absolute Gasteiger partial charge is 0.322 e. The highest BCUT2D eigenvalue weighted by Crippen LogP contribution is 2.22. The molecule has 1 N–H and O–H groups in total. The summed E-state index contributed by atoms with van der Waals surface area (Å²) in [6.45, 7) is 0. The molecule has 0 aliphatic heterocycles. The normalized spacial score (nSPS) is 12.4. The van der Waals surface area contributed by atoms with E-state index in [1.807, 2.05) is 6.07 Å². The van der Waals surface area contributed by atoms with Crippen LogP contribution in [0.15, 0.2) is 69.2 Å². The molecule has 20 heavy (non-hydrogen) atoms. The van der Waals surface area contributed by atoms with E-state index in [1.165, 1.54) is 30.3 Å². The zero-order chi connectivity index (χ0) is 14.1. The number of rotatable bonds is 2. The molecule has 2 aromatic carbocycles. The van der Waals surface area contributed by atoms with E-state index in [2.05, 4.69) is 4.98 Å². The van der Waals surface area contributed by atoms with Crippen LogP contribution in [0, 0.1) is 5.82 Å². The Morgan fingerprint density at radius 1 is 1.00 bits per heavy atom. The molecule has 0 amide bonds. The lowest BCUT2D eigenvalue weighted by Gasteiger charge is -2.06. The maximum atomic E-state index is 12.9. The quantitative estimate of drug-likeness (QED) is 0.788. The molecule has 0 spiro atoms. The number of aromatic amines is 1. The standard InChI is InChI=1S/C15H10FNO2S/c16-10-5-7-11(8-6-10)20(19)14-9-15(18)17-13-4-2-1-3-12(13)14/h1-9H,(H,17,18). The second-order valence-electron chi connectivity index (χ2n) is 4.27. The molecule has 1 heterocycles. The molecular formula is C15H10FNO2S. The minimum atomic E-state index is -1.53. The van der Waals surface area contributed by atoms with Crippen molar-refractivity contribution in [1.82, 2.24) is 4.98 Å². The SMILES string of the molecule is O=c1cc(S(=O)c2ccc(F)cc2)c2ccccc2[nH]1. The molecule has 3 nitrogen and oxygen atoms in total. The topological polar surface area (TPSA) is 49.9 Å². The van der Waals surface area contributed by atoms with Gasteiger partial charge in [-0.3, -0.25) is 4.79 Å². The first kappa shape index (κ1) is 12.7. The number of hydrogen-bond acceptors (Lipinski definition) is 2. The number of hydrogen-bond donors (Lipinski definition) is 1. The molecule has 100 valence electrons. The molecule has 5 heteroatoms. The summed E-state index contributed by atoms with van der Waals surface area (Å²) in [6, 6.07) is 13.9. The van der Waals surface area contributed by atoms with Crippen molar-refractivity contribution in [2.75, 3.05) is 0 Å². The fourth-order valence-corrected chi connectivity index (χ4v) is 3.24. The molecular weight excluding hydrogens is 277 g/mol. The molecule has 0 radical (unpaired) electrons. The monoisotopic (exact) mass is 287 g/mol. The van der Waals surface area contributed by atoms with E-state index in [-0.39, 0.29) is 11.4 Å². The minimum Gasteiger partial charge on any atom is -0.322 e. The Balaban J connectivity index is 2.21. The Morgan fingerprint density at radius 2 is 1.70 bits per heavy atom. The molecule has 0 fully saturated rings. The number of halogens is 1. The van der Waals surface area contributed by atoms with Crippen molar-refractivity contribution in [1.29, 1.82) is 0 Å². The van der Waals surface area contributed by atoms with Crippen molar-refractivity contribution in [3.63, 3.8) is 0 Å².